The summed E-state index contributed by atoms with van der Waals surface area (Å²) in [7, 11) is 0. The van der Waals surface area contributed by atoms with E-state index in [9.17, 15) is 0 Å². The van der Waals surface area contributed by atoms with Gasteiger partial charge in [-0.15, -0.1) is 11.3 Å². The first-order valence-corrected chi connectivity index (χ1v) is 17.4. The summed E-state index contributed by atoms with van der Waals surface area (Å²) < 4.78 is 8.76. The molecule has 4 nitrogen and oxygen atoms in total. The molecule has 0 fully saturated rings. The molecule has 0 aliphatic rings. The fraction of sp³-hybridized carbons (Fsp3) is 0. The molecule has 0 radical (unpaired) electrons. The van der Waals surface area contributed by atoms with E-state index < -0.39 is 0 Å². The van der Waals surface area contributed by atoms with Crippen molar-refractivity contribution >= 4 is 53.4 Å². The maximum atomic E-state index is 6.25. The minimum Gasteiger partial charge on any atom is -0.456 e. The van der Waals surface area contributed by atoms with Crippen molar-refractivity contribution in [3.8, 4) is 56.4 Å². The molecule has 7 aromatic carbocycles. The molecule has 0 unspecified atom stereocenters. The van der Waals surface area contributed by atoms with E-state index >= 15 is 0 Å². The third-order valence-corrected chi connectivity index (χ3v) is 10.5. The van der Waals surface area contributed by atoms with Crippen molar-refractivity contribution in [1.29, 1.82) is 0 Å². The van der Waals surface area contributed by atoms with Crippen LogP contribution in [0.25, 0.3) is 98.5 Å². The molecule has 234 valence electrons. The standard InChI is InChI=1S/C45H27N3OS/c1-3-12-28(13-4-1)43-46-44(29-14-5-2-6-15-29)48-45(47-43)32-17-9-16-30(26-32)31-24-25-36-40(27-31)50-39-23-11-20-34(42(36)39)33-19-10-22-38-41(33)35-18-7-8-21-37(35)49-38/h1-27H. The highest BCUT2D eigenvalue weighted by molar-refractivity contribution is 7.26. The number of benzene rings is 7. The topological polar surface area (TPSA) is 51.8 Å². The second-order valence-corrected chi connectivity index (χ2v) is 13.5. The van der Waals surface area contributed by atoms with E-state index in [-0.39, 0.29) is 0 Å². The average molecular weight is 658 g/mol. The number of fused-ring (bicyclic) bond motifs is 6. The fourth-order valence-corrected chi connectivity index (χ4v) is 8.18. The molecule has 0 spiro atoms. The zero-order valence-electron chi connectivity index (χ0n) is 26.7. The molecule has 3 aromatic heterocycles. The summed E-state index contributed by atoms with van der Waals surface area (Å²) in [5, 5.41) is 4.83. The van der Waals surface area contributed by atoms with Crippen molar-refractivity contribution in [2.24, 2.45) is 0 Å². The molecule has 0 aliphatic carbocycles. The Hall–Kier alpha value is -6.43. The number of rotatable bonds is 5. The fourth-order valence-electron chi connectivity index (χ4n) is 7.00. The first-order valence-electron chi connectivity index (χ1n) is 16.6. The normalized spacial score (nSPS) is 11.6. The Bertz CT molecular complexity index is 2820. The molecule has 0 N–H and O–H groups in total. The highest BCUT2D eigenvalue weighted by atomic mass is 32.1. The predicted molar refractivity (Wildman–Crippen MR) is 207 cm³/mol. The molecule has 0 saturated heterocycles. The maximum Gasteiger partial charge on any atom is 0.164 e. The van der Waals surface area contributed by atoms with Gasteiger partial charge in [-0.3, -0.25) is 0 Å². The Labute approximate surface area is 292 Å². The van der Waals surface area contributed by atoms with Crippen molar-refractivity contribution in [2.45, 2.75) is 0 Å². The van der Waals surface area contributed by atoms with Gasteiger partial charge in [-0.25, -0.2) is 15.0 Å². The Morgan fingerprint density at radius 3 is 1.68 bits per heavy atom. The van der Waals surface area contributed by atoms with Crippen LogP contribution < -0.4 is 0 Å². The highest BCUT2D eigenvalue weighted by Gasteiger charge is 2.18. The van der Waals surface area contributed by atoms with E-state index in [1.54, 1.807) is 0 Å². The zero-order valence-corrected chi connectivity index (χ0v) is 27.6. The lowest BCUT2D eigenvalue weighted by Gasteiger charge is -2.10. The summed E-state index contributed by atoms with van der Waals surface area (Å²) in [6.07, 6.45) is 0. The lowest BCUT2D eigenvalue weighted by Crippen LogP contribution is -2.00. The number of thiophene rings is 1. The van der Waals surface area contributed by atoms with Crippen LogP contribution in [0.3, 0.4) is 0 Å². The van der Waals surface area contributed by atoms with Gasteiger partial charge in [0, 0.05) is 47.6 Å². The second-order valence-electron chi connectivity index (χ2n) is 12.4. The van der Waals surface area contributed by atoms with Crippen molar-refractivity contribution < 1.29 is 4.42 Å². The van der Waals surface area contributed by atoms with Gasteiger partial charge in [0.1, 0.15) is 11.2 Å². The van der Waals surface area contributed by atoms with E-state index in [1.165, 1.54) is 31.3 Å². The molecule has 10 rings (SSSR count). The van der Waals surface area contributed by atoms with E-state index in [1.807, 2.05) is 84.1 Å². The van der Waals surface area contributed by atoms with Gasteiger partial charge in [-0.1, -0.05) is 133 Å². The number of furan rings is 1. The molecule has 0 aliphatic heterocycles. The summed E-state index contributed by atoms with van der Waals surface area (Å²) >= 11 is 1.83. The first-order chi connectivity index (χ1) is 24.8. The predicted octanol–water partition coefficient (Wildman–Crippen LogP) is 12.5. The molecule has 0 atom stereocenters. The smallest absolute Gasteiger partial charge is 0.164 e. The van der Waals surface area contributed by atoms with Gasteiger partial charge in [0.2, 0.25) is 0 Å². The number of hydrogen-bond acceptors (Lipinski definition) is 5. The molecule has 50 heavy (non-hydrogen) atoms. The van der Waals surface area contributed by atoms with Crippen LogP contribution >= 0.6 is 11.3 Å². The number of para-hydroxylation sites is 1. The van der Waals surface area contributed by atoms with Gasteiger partial charge in [0.25, 0.3) is 0 Å². The lowest BCUT2D eigenvalue weighted by molar-refractivity contribution is 0.669. The van der Waals surface area contributed by atoms with E-state index in [4.69, 9.17) is 19.4 Å². The molecule has 0 bridgehead atoms. The van der Waals surface area contributed by atoms with Crippen LogP contribution in [0.1, 0.15) is 0 Å². The van der Waals surface area contributed by atoms with Crippen molar-refractivity contribution in [3.05, 3.63) is 164 Å². The van der Waals surface area contributed by atoms with Crippen LogP contribution in [0.2, 0.25) is 0 Å². The zero-order chi connectivity index (χ0) is 33.0. The van der Waals surface area contributed by atoms with Gasteiger partial charge in [-0.2, -0.15) is 0 Å². The Morgan fingerprint density at radius 1 is 0.360 bits per heavy atom. The van der Waals surface area contributed by atoms with Crippen molar-refractivity contribution in [3.63, 3.8) is 0 Å². The molecule has 0 amide bonds. The first kappa shape index (κ1) is 28.6. The van der Waals surface area contributed by atoms with Crippen LogP contribution in [-0.4, -0.2) is 15.0 Å². The van der Waals surface area contributed by atoms with Crippen LogP contribution in [0.15, 0.2) is 168 Å². The summed E-state index contributed by atoms with van der Waals surface area (Å²) in [4.78, 5) is 14.8. The SMILES string of the molecule is c1ccc(-c2nc(-c3ccccc3)nc(-c3cccc(-c4ccc5c(c4)sc4cccc(-c6cccc7oc8ccccc8c67)c45)c3)n2)cc1. The molecular formula is C45H27N3OS. The largest absolute Gasteiger partial charge is 0.456 e. The van der Waals surface area contributed by atoms with Crippen LogP contribution in [0, 0.1) is 0 Å². The summed E-state index contributed by atoms with van der Waals surface area (Å²) in [6, 6.07) is 56.8. The Balaban J connectivity index is 1.09. The summed E-state index contributed by atoms with van der Waals surface area (Å²) in [6.45, 7) is 0. The van der Waals surface area contributed by atoms with Gasteiger partial charge >= 0.3 is 0 Å². The average Bonchev–Trinajstić information content (AvgIpc) is 3.77. The molecule has 3 heterocycles. The monoisotopic (exact) mass is 657 g/mol. The molecular weight excluding hydrogens is 631 g/mol. The Morgan fingerprint density at radius 2 is 0.920 bits per heavy atom. The third-order valence-electron chi connectivity index (χ3n) is 9.34. The second kappa shape index (κ2) is 11.6. The third kappa shape index (κ3) is 4.79. The maximum absolute atomic E-state index is 6.25. The molecule has 0 saturated carbocycles. The molecule has 10 aromatic rings. The van der Waals surface area contributed by atoms with Gasteiger partial charge < -0.3 is 4.42 Å². The highest BCUT2D eigenvalue weighted by Crippen LogP contribution is 2.45. The quantitative estimate of drug-likeness (QED) is 0.185. The summed E-state index contributed by atoms with van der Waals surface area (Å²) in [5.41, 5.74) is 9.35. The van der Waals surface area contributed by atoms with Gasteiger partial charge in [-0.05, 0) is 52.6 Å². The lowest BCUT2D eigenvalue weighted by atomic mass is 9.95. The van der Waals surface area contributed by atoms with Crippen molar-refractivity contribution in [1.82, 2.24) is 15.0 Å². The number of hydrogen-bond donors (Lipinski definition) is 0. The Kier molecular flexibility index (Phi) is 6.64. The van der Waals surface area contributed by atoms with Crippen LogP contribution in [-0.2, 0) is 0 Å². The number of nitrogens with zero attached hydrogens (tertiary/aromatic N) is 3. The van der Waals surface area contributed by atoms with Gasteiger partial charge in [0.05, 0.1) is 0 Å². The van der Waals surface area contributed by atoms with Gasteiger partial charge in [0.15, 0.2) is 17.5 Å². The number of aromatic nitrogens is 3. The minimum atomic E-state index is 0.646. The van der Waals surface area contributed by atoms with Crippen molar-refractivity contribution in [2.75, 3.05) is 0 Å². The van der Waals surface area contributed by atoms with Crippen LogP contribution in [0.4, 0.5) is 0 Å². The van der Waals surface area contributed by atoms with Crippen LogP contribution in [0.5, 0.6) is 0 Å². The van der Waals surface area contributed by atoms with E-state index in [0.717, 1.165) is 49.8 Å². The van der Waals surface area contributed by atoms with E-state index in [0.29, 0.717) is 17.5 Å². The summed E-state index contributed by atoms with van der Waals surface area (Å²) in [5.74, 6) is 1.95. The van der Waals surface area contributed by atoms with E-state index in [2.05, 4.69) is 91.0 Å². The minimum absolute atomic E-state index is 0.646. The molecule has 5 heteroatoms.